The van der Waals surface area contributed by atoms with Crippen molar-refractivity contribution in [3.8, 4) is 6.07 Å². The number of para-hydroxylation sites is 1. The minimum absolute atomic E-state index is 0.0260. The largest absolute Gasteiger partial charge is 0.349 e. The Bertz CT molecular complexity index is 1300. The zero-order valence-corrected chi connectivity index (χ0v) is 17.1. The number of nitrogens with one attached hydrogen (secondary N) is 1. The van der Waals surface area contributed by atoms with Crippen LogP contribution >= 0.6 is 0 Å². The highest BCUT2D eigenvalue weighted by atomic mass is 16.1. The van der Waals surface area contributed by atoms with Crippen LogP contribution in [-0.4, -0.2) is 16.5 Å². The number of aromatic nitrogens is 1. The first-order chi connectivity index (χ1) is 14.6. The van der Waals surface area contributed by atoms with Gasteiger partial charge in [0.1, 0.15) is 11.6 Å². The van der Waals surface area contributed by atoms with Gasteiger partial charge in [0.05, 0.1) is 0 Å². The van der Waals surface area contributed by atoms with Crippen LogP contribution in [0, 0.1) is 11.3 Å². The van der Waals surface area contributed by atoms with Crippen molar-refractivity contribution in [2.75, 3.05) is 0 Å². The first-order valence-electron chi connectivity index (χ1n) is 10.0. The molecule has 148 valence electrons. The van der Waals surface area contributed by atoms with E-state index >= 15 is 0 Å². The van der Waals surface area contributed by atoms with Gasteiger partial charge in [0.2, 0.25) is 0 Å². The first-order valence-corrected chi connectivity index (χ1v) is 10.0. The molecule has 1 amide bonds. The van der Waals surface area contributed by atoms with Crippen LogP contribution in [0.4, 0.5) is 0 Å². The third-order valence-corrected chi connectivity index (χ3v) is 5.12. The highest BCUT2D eigenvalue weighted by Gasteiger charge is 2.13. The summed E-state index contributed by atoms with van der Waals surface area (Å²) in [4.78, 5) is 12.4. The van der Waals surface area contributed by atoms with Gasteiger partial charge in [-0.05, 0) is 42.3 Å². The van der Waals surface area contributed by atoms with E-state index in [1.165, 1.54) is 16.3 Å². The molecule has 4 nitrogen and oxygen atoms in total. The van der Waals surface area contributed by atoms with Crippen LogP contribution in [0.3, 0.4) is 0 Å². The third kappa shape index (κ3) is 3.83. The average molecular weight is 393 g/mol. The molecule has 0 unspecified atom stereocenters. The summed E-state index contributed by atoms with van der Waals surface area (Å²) in [5, 5.41) is 15.8. The molecule has 0 radical (unpaired) electrons. The maximum atomic E-state index is 12.4. The Balaban J connectivity index is 1.79. The quantitative estimate of drug-likeness (QED) is 0.371. The van der Waals surface area contributed by atoms with Crippen molar-refractivity contribution < 1.29 is 4.79 Å². The summed E-state index contributed by atoms with van der Waals surface area (Å²) in [6.07, 6.45) is 3.70. The van der Waals surface area contributed by atoms with Gasteiger partial charge >= 0.3 is 0 Å². The zero-order valence-electron chi connectivity index (χ0n) is 17.1. The van der Waals surface area contributed by atoms with Gasteiger partial charge in [0, 0.05) is 35.2 Å². The second-order valence-electron chi connectivity index (χ2n) is 7.67. The molecular formula is C26H23N3O. The molecule has 0 saturated carbocycles. The van der Waals surface area contributed by atoms with E-state index in [1.54, 1.807) is 6.08 Å². The van der Waals surface area contributed by atoms with Crippen molar-refractivity contribution in [3.63, 3.8) is 0 Å². The molecule has 30 heavy (non-hydrogen) atoms. The van der Waals surface area contributed by atoms with Crippen molar-refractivity contribution in [2.45, 2.75) is 26.4 Å². The second kappa shape index (κ2) is 8.26. The van der Waals surface area contributed by atoms with Crippen LogP contribution in [0.2, 0.25) is 0 Å². The highest BCUT2D eigenvalue weighted by molar-refractivity contribution is 6.04. The van der Waals surface area contributed by atoms with Gasteiger partial charge < -0.3 is 9.88 Å². The molecule has 0 fully saturated rings. The summed E-state index contributed by atoms with van der Waals surface area (Å²) in [5.74, 6) is -0.349. The van der Waals surface area contributed by atoms with Crippen LogP contribution in [0.25, 0.3) is 27.8 Å². The van der Waals surface area contributed by atoms with Crippen molar-refractivity contribution in [2.24, 2.45) is 0 Å². The van der Waals surface area contributed by atoms with E-state index < -0.39 is 0 Å². The Kier molecular flexibility index (Phi) is 5.36. The summed E-state index contributed by atoms with van der Waals surface area (Å²) in [7, 11) is 0. The Labute approximate surface area is 176 Å². The lowest BCUT2D eigenvalue weighted by Gasteiger charge is -2.09. The number of benzene rings is 3. The van der Waals surface area contributed by atoms with Crippen molar-refractivity contribution in [1.29, 1.82) is 5.26 Å². The molecule has 4 rings (SSSR count). The number of carbonyl (C=O) groups excluding carboxylic acids is 1. The Morgan fingerprint density at radius 1 is 1.03 bits per heavy atom. The lowest BCUT2D eigenvalue weighted by molar-refractivity contribution is -0.117. The highest BCUT2D eigenvalue weighted by Crippen LogP contribution is 2.26. The van der Waals surface area contributed by atoms with E-state index in [1.807, 2.05) is 50.4 Å². The topological polar surface area (TPSA) is 57.8 Å². The predicted octanol–water partition coefficient (Wildman–Crippen LogP) is 5.27. The fourth-order valence-electron chi connectivity index (χ4n) is 3.78. The van der Waals surface area contributed by atoms with Crippen LogP contribution < -0.4 is 5.32 Å². The Morgan fingerprint density at radius 2 is 1.73 bits per heavy atom. The fourth-order valence-corrected chi connectivity index (χ4v) is 3.78. The second-order valence-corrected chi connectivity index (χ2v) is 7.67. The summed E-state index contributed by atoms with van der Waals surface area (Å²) < 4.78 is 2.18. The molecule has 0 aliphatic heterocycles. The predicted molar refractivity (Wildman–Crippen MR) is 122 cm³/mol. The summed E-state index contributed by atoms with van der Waals surface area (Å²) >= 11 is 0. The average Bonchev–Trinajstić information content (AvgIpc) is 3.09. The molecule has 3 aromatic carbocycles. The number of nitrogens with zero attached hydrogens (tertiary/aromatic N) is 2. The van der Waals surface area contributed by atoms with Crippen LogP contribution in [0.5, 0.6) is 0 Å². The van der Waals surface area contributed by atoms with Gasteiger partial charge in [-0.3, -0.25) is 4.79 Å². The van der Waals surface area contributed by atoms with Gasteiger partial charge in [-0.2, -0.15) is 5.26 Å². The van der Waals surface area contributed by atoms with E-state index in [2.05, 4.69) is 52.3 Å². The maximum absolute atomic E-state index is 12.4. The molecule has 0 saturated heterocycles. The molecule has 0 atom stereocenters. The van der Waals surface area contributed by atoms with E-state index in [4.69, 9.17) is 0 Å². The van der Waals surface area contributed by atoms with Gasteiger partial charge in [-0.25, -0.2) is 0 Å². The van der Waals surface area contributed by atoms with Crippen molar-refractivity contribution in [1.82, 2.24) is 9.88 Å². The number of carbonyl (C=O) groups is 1. The van der Waals surface area contributed by atoms with Crippen LogP contribution in [0.1, 0.15) is 25.0 Å². The number of nitriles is 1. The third-order valence-electron chi connectivity index (χ3n) is 5.12. The van der Waals surface area contributed by atoms with Crippen molar-refractivity contribution >= 4 is 33.7 Å². The molecule has 1 heterocycles. The minimum Gasteiger partial charge on any atom is -0.349 e. The smallest absolute Gasteiger partial charge is 0.262 e. The molecule has 0 bridgehead atoms. The van der Waals surface area contributed by atoms with Crippen LogP contribution in [0.15, 0.2) is 78.5 Å². The SMILES string of the molecule is CC(C)NC(=O)/C(C#N)=C\c1cn(Cc2cccc3ccccc23)c2ccccc12. The summed E-state index contributed by atoms with van der Waals surface area (Å²) in [5.41, 5.74) is 3.26. The number of amides is 1. The number of hydrogen-bond acceptors (Lipinski definition) is 2. The minimum atomic E-state index is -0.349. The Hall–Kier alpha value is -3.84. The van der Waals surface area contributed by atoms with Gasteiger partial charge in [-0.1, -0.05) is 60.7 Å². The van der Waals surface area contributed by atoms with Gasteiger partial charge in [0.25, 0.3) is 5.91 Å². The summed E-state index contributed by atoms with van der Waals surface area (Å²) in [6.45, 7) is 4.46. The van der Waals surface area contributed by atoms with Gasteiger partial charge in [0.15, 0.2) is 0 Å². The van der Waals surface area contributed by atoms with E-state index in [0.717, 1.165) is 16.5 Å². The van der Waals surface area contributed by atoms with E-state index in [9.17, 15) is 10.1 Å². The molecular weight excluding hydrogens is 370 g/mol. The summed E-state index contributed by atoms with van der Waals surface area (Å²) in [6, 6.07) is 24.8. The molecule has 0 aliphatic carbocycles. The molecule has 1 N–H and O–H groups in total. The zero-order chi connectivity index (χ0) is 21.1. The first kappa shape index (κ1) is 19.5. The normalized spacial score (nSPS) is 11.7. The lowest BCUT2D eigenvalue weighted by Crippen LogP contribution is -2.30. The maximum Gasteiger partial charge on any atom is 0.262 e. The number of fused-ring (bicyclic) bond motifs is 2. The molecule has 4 heteroatoms. The molecule has 1 aromatic heterocycles. The number of hydrogen-bond donors (Lipinski definition) is 1. The fraction of sp³-hybridized carbons (Fsp3) is 0.154. The van der Waals surface area contributed by atoms with Crippen molar-refractivity contribution in [3.05, 3.63) is 89.6 Å². The van der Waals surface area contributed by atoms with E-state index in [-0.39, 0.29) is 17.5 Å². The number of rotatable bonds is 5. The monoisotopic (exact) mass is 393 g/mol. The lowest BCUT2D eigenvalue weighted by atomic mass is 10.0. The van der Waals surface area contributed by atoms with Crippen LogP contribution in [-0.2, 0) is 11.3 Å². The molecule has 4 aromatic rings. The van der Waals surface area contributed by atoms with E-state index in [0.29, 0.717) is 6.54 Å². The standard InChI is InChI=1S/C26H23N3O/c1-18(2)28-26(30)21(15-27)14-22-17-29(25-13-6-5-12-24(22)25)16-20-10-7-9-19-8-3-4-11-23(19)20/h3-14,17-18H,16H2,1-2H3,(H,28,30)/b21-14-. The van der Waals surface area contributed by atoms with Gasteiger partial charge in [-0.15, -0.1) is 0 Å². The molecule has 0 aliphatic rings. The Morgan fingerprint density at radius 3 is 2.50 bits per heavy atom. The molecule has 0 spiro atoms.